The molecule has 1 unspecified atom stereocenters. The van der Waals surface area contributed by atoms with Crippen LogP contribution in [0.15, 0.2) is 17.6 Å². The van der Waals surface area contributed by atoms with Crippen LogP contribution >= 0.6 is 11.3 Å². The second-order valence-electron chi connectivity index (χ2n) is 7.04. The maximum atomic E-state index is 12.6. The van der Waals surface area contributed by atoms with Crippen molar-refractivity contribution in [2.24, 2.45) is 0 Å². The highest BCUT2D eigenvalue weighted by molar-refractivity contribution is 7.09. The van der Waals surface area contributed by atoms with Crippen LogP contribution in [0, 0.1) is 0 Å². The molecule has 1 fully saturated rings. The van der Waals surface area contributed by atoms with Gasteiger partial charge in [-0.25, -0.2) is 4.98 Å². The molecular weight excluding hydrogens is 334 g/mol. The van der Waals surface area contributed by atoms with Gasteiger partial charge in [-0.05, 0) is 25.5 Å². The molecule has 7 heteroatoms. The monoisotopic (exact) mass is 361 g/mol. The number of thiazole rings is 1. The molecule has 3 heterocycles. The molecule has 2 aromatic rings. The van der Waals surface area contributed by atoms with Gasteiger partial charge in [0.2, 0.25) is 5.91 Å². The third-order valence-corrected chi connectivity index (χ3v) is 5.83. The van der Waals surface area contributed by atoms with Crippen LogP contribution in [-0.2, 0) is 17.9 Å². The van der Waals surface area contributed by atoms with Crippen LogP contribution in [0.5, 0.6) is 0 Å². The van der Waals surface area contributed by atoms with E-state index in [0.29, 0.717) is 18.4 Å². The van der Waals surface area contributed by atoms with Crippen molar-refractivity contribution in [2.75, 3.05) is 20.1 Å². The number of nitrogens with one attached hydrogen (secondary N) is 1. The number of hydrogen-bond acceptors (Lipinski definition) is 5. The van der Waals surface area contributed by atoms with Gasteiger partial charge in [0.05, 0.1) is 17.2 Å². The first kappa shape index (κ1) is 18.1. The highest BCUT2D eigenvalue weighted by Gasteiger charge is 2.21. The molecule has 1 aliphatic rings. The molecule has 1 atom stereocenters. The normalized spacial score (nSPS) is 17.8. The average Bonchev–Trinajstić information content (AvgIpc) is 3.25. The lowest BCUT2D eigenvalue weighted by atomic mass is 9.96. The summed E-state index contributed by atoms with van der Waals surface area (Å²) in [6, 6.07) is 2.04. The Morgan fingerprint density at radius 3 is 3.04 bits per heavy atom. The fourth-order valence-corrected chi connectivity index (χ4v) is 3.99. The standard InChI is InChI=1S/C18H27N5OS/c1-13(2)18-21-15(12-25-18)10-22(3)17(24)11-23-16(6-8-20-23)14-5-4-7-19-9-14/h6,8,12-14,19H,4-5,7,9-11H2,1-3H3. The molecule has 0 spiro atoms. The van der Waals surface area contributed by atoms with E-state index in [-0.39, 0.29) is 12.5 Å². The third kappa shape index (κ3) is 4.46. The number of carbonyl (C=O) groups excluding carboxylic acids is 1. The fraction of sp³-hybridized carbons (Fsp3) is 0.611. The van der Waals surface area contributed by atoms with E-state index >= 15 is 0 Å². The summed E-state index contributed by atoms with van der Waals surface area (Å²) in [5.41, 5.74) is 2.12. The Kier molecular flexibility index (Phi) is 5.86. The van der Waals surface area contributed by atoms with Gasteiger partial charge in [0.25, 0.3) is 0 Å². The van der Waals surface area contributed by atoms with Crippen LogP contribution in [0.4, 0.5) is 0 Å². The molecule has 0 radical (unpaired) electrons. The largest absolute Gasteiger partial charge is 0.338 e. The van der Waals surface area contributed by atoms with Gasteiger partial charge in [-0.15, -0.1) is 11.3 Å². The summed E-state index contributed by atoms with van der Waals surface area (Å²) in [6.07, 6.45) is 4.12. The topological polar surface area (TPSA) is 63.1 Å². The minimum absolute atomic E-state index is 0.0628. The molecule has 1 amide bonds. The molecule has 136 valence electrons. The molecule has 1 saturated heterocycles. The molecule has 25 heavy (non-hydrogen) atoms. The number of aromatic nitrogens is 3. The minimum Gasteiger partial charge on any atom is -0.338 e. The average molecular weight is 362 g/mol. The van der Waals surface area contributed by atoms with E-state index in [1.807, 2.05) is 23.2 Å². The zero-order valence-electron chi connectivity index (χ0n) is 15.2. The Hall–Kier alpha value is -1.73. The van der Waals surface area contributed by atoms with Gasteiger partial charge in [-0.1, -0.05) is 13.8 Å². The van der Waals surface area contributed by atoms with Crippen molar-refractivity contribution in [3.05, 3.63) is 34.0 Å². The predicted octanol–water partition coefficient (Wildman–Crippen LogP) is 2.59. The first-order valence-corrected chi connectivity index (χ1v) is 9.83. The molecule has 0 saturated carbocycles. The second kappa shape index (κ2) is 8.10. The van der Waals surface area contributed by atoms with E-state index in [0.717, 1.165) is 35.9 Å². The van der Waals surface area contributed by atoms with Crippen molar-refractivity contribution in [1.82, 2.24) is 25.0 Å². The Morgan fingerprint density at radius 1 is 1.52 bits per heavy atom. The Morgan fingerprint density at radius 2 is 2.36 bits per heavy atom. The zero-order chi connectivity index (χ0) is 17.8. The van der Waals surface area contributed by atoms with Crippen LogP contribution in [0.1, 0.15) is 54.9 Å². The molecule has 0 bridgehead atoms. The number of carbonyl (C=O) groups is 1. The van der Waals surface area contributed by atoms with Crippen LogP contribution < -0.4 is 5.32 Å². The van der Waals surface area contributed by atoms with Crippen molar-refractivity contribution in [1.29, 1.82) is 0 Å². The van der Waals surface area contributed by atoms with Gasteiger partial charge >= 0.3 is 0 Å². The Labute approximate surface area is 153 Å². The van der Waals surface area contributed by atoms with Crippen molar-refractivity contribution >= 4 is 17.2 Å². The number of likely N-dealkylation sites (N-methyl/N-ethyl adjacent to an activating group) is 1. The smallest absolute Gasteiger partial charge is 0.244 e. The summed E-state index contributed by atoms with van der Waals surface area (Å²) in [7, 11) is 1.84. The number of nitrogens with zero attached hydrogens (tertiary/aromatic N) is 4. The number of hydrogen-bond donors (Lipinski definition) is 1. The molecule has 1 N–H and O–H groups in total. The lowest BCUT2D eigenvalue weighted by molar-refractivity contribution is -0.131. The van der Waals surface area contributed by atoms with Crippen molar-refractivity contribution < 1.29 is 4.79 Å². The fourth-order valence-electron chi connectivity index (χ4n) is 3.17. The maximum absolute atomic E-state index is 12.6. The predicted molar refractivity (Wildman–Crippen MR) is 99.7 cm³/mol. The summed E-state index contributed by atoms with van der Waals surface area (Å²) < 4.78 is 1.86. The molecule has 0 aromatic carbocycles. The summed E-state index contributed by atoms with van der Waals surface area (Å²) in [5.74, 6) is 0.935. The second-order valence-corrected chi connectivity index (χ2v) is 7.93. The SMILES string of the molecule is CC(C)c1nc(CN(C)C(=O)Cn2nccc2C2CCCNC2)cs1. The molecule has 1 aliphatic heterocycles. The Bertz CT molecular complexity index is 702. The zero-order valence-corrected chi connectivity index (χ0v) is 16.1. The third-order valence-electron chi connectivity index (χ3n) is 4.64. The van der Waals surface area contributed by atoms with Crippen molar-refractivity contribution in [3.63, 3.8) is 0 Å². The summed E-state index contributed by atoms with van der Waals surface area (Å²) in [4.78, 5) is 19.0. The maximum Gasteiger partial charge on any atom is 0.244 e. The van der Waals surface area contributed by atoms with E-state index < -0.39 is 0 Å². The van der Waals surface area contributed by atoms with Gasteiger partial charge in [0, 0.05) is 42.7 Å². The number of rotatable bonds is 6. The number of amides is 1. The van der Waals surface area contributed by atoms with E-state index in [9.17, 15) is 4.79 Å². The molecule has 2 aromatic heterocycles. The molecule has 3 rings (SSSR count). The first-order chi connectivity index (χ1) is 12.0. The van der Waals surface area contributed by atoms with E-state index in [1.165, 1.54) is 6.42 Å². The molecular formula is C18H27N5OS. The van der Waals surface area contributed by atoms with Gasteiger partial charge in [-0.2, -0.15) is 5.10 Å². The summed E-state index contributed by atoms with van der Waals surface area (Å²) >= 11 is 1.66. The first-order valence-electron chi connectivity index (χ1n) is 8.95. The van der Waals surface area contributed by atoms with Crippen molar-refractivity contribution in [2.45, 2.75) is 51.6 Å². The van der Waals surface area contributed by atoms with Gasteiger partial charge in [-0.3, -0.25) is 9.48 Å². The lowest BCUT2D eigenvalue weighted by Crippen LogP contribution is -2.33. The minimum atomic E-state index is 0.0628. The van der Waals surface area contributed by atoms with Crippen molar-refractivity contribution in [3.8, 4) is 0 Å². The lowest BCUT2D eigenvalue weighted by Gasteiger charge is -2.24. The number of piperidine rings is 1. The van der Waals surface area contributed by atoms with Gasteiger partial charge in [0.1, 0.15) is 6.54 Å². The van der Waals surface area contributed by atoms with Gasteiger partial charge in [0.15, 0.2) is 0 Å². The highest BCUT2D eigenvalue weighted by atomic mass is 32.1. The molecule has 0 aliphatic carbocycles. The van der Waals surface area contributed by atoms with Crippen LogP contribution in [0.3, 0.4) is 0 Å². The van der Waals surface area contributed by atoms with E-state index in [1.54, 1.807) is 22.4 Å². The molecule has 6 nitrogen and oxygen atoms in total. The van der Waals surface area contributed by atoms with E-state index in [2.05, 4.69) is 29.2 Å². The van der Waals surface area contributed by atoms with Crippen LogP contribution in [0.25, 0.3) is 0 Å². The van der Waals surface area contributed by atoms with Gasteiger partial charge < -0.3 is 10.2 Å². The summed E-state index contributed by atoms with van der Waals surface area (Å²) in [5, 5.41) is 11.0. The van der Waals surface area contributed by atoms with Crippen LogP contribution in [0.2, 0.25) is 0 Å². The highest BCUT2D eigenvalue weighted by Crippen LogP contribution is 2.23. The van der Waals surface area contributed by atoms with E-state index in [4.69, 9.17) is 0 Å². The Balaban J connectivity index is 1.60. The quantitative estimate of drug-likeness (QED) is 0.859. The summed E-state index contributed by atoms with van der Waals surface area (Å²) in [6.45, 7) is 7.15. The van der Waals surface area contributed by atoms with Crippen LogP contribution in [-0.4, -0.2) is 45.7 Å².